The molecule has 1 saturated heterocycles. The van der Waals surface area contributed by atoms with Crippen molar-refractivity contribution < 1.29 is 9.84 Å². The number of ether oxygens (including phenoxy) is 1. The second-order valence-electron chi connectivity index (χ2n) is 6.05. The van der Waals surface area contributed by atoms with Crippen LogP contribution in [0.2, 0.25) is 5.02 Å². The molecule has 2 aromatic rings. The number of methoxy groups -OCH3 is 1. The highest BCUT2D eigenvalue weighted by atomic mass is 35.5. The molecular formula is C19H23ClN2O2. The molecule has 128 valence electrons. The van der Waals surface area contributed by atoms with E-state index < -0.39 is 6.10 Å². The summed E-state index contributed by atoms with van der Waals surface area (Å²) in [4.78, 5) is 4.66. The van der Waals surface area contributed by atoms with Gasteiger partial charge in [-0.05, 0) is 42.0 Å². The fraction of sp³-hybridized carbons (Fsp3) is 0.368. The molecule has 0 bridgehead atoms. The molecule has 0 saturated carbocycles. The van der Waals surface area contributed by atoms with Gasteiger partial charge in [0.05, 0.1) is 13.2 Å². The first-order valence-corrected chi connectivity index (χ1v) is 8.58. The average Bonchev–Trinajstić information content (AvgIpc) is 2.63. The van der Waals surface area contributed by atoms with Gasteiger partial charge >= 0.3 is 0 Å². The standard InChI is InChI=1S/C19H23ClN2O2/c1-24-18-8-2-15(3-9-18)19(23)14-21-10-12-22(13-11-21)17-6-4-16(20)5-7-17/h2-9,19,23H,10-14H2,1H3/t19-/m1/s1. The number of aliphatic hydroxyl groups excluding tert-OH is 1. The lowest BCUT2D eigenvalue weighted by molar-refractivity contribution is 0.109. The molecule has 0 unspecified atom stereocenters. The minimum Gasteiger partial charge on any atom is -0.497 e. The highest BCUT2D eigenvalue weighted by molar-refractivity contribution is 6.30. The van der Waals surface area contributed by atoms with Gasteiger partial charge in [-0.1, -0.05) is 23.7 Å². The van der Waals surface area contributed by atoms with Crippen LogP contribution in [-0.2, 0) is 0 Å². The minimum atomic E-state index is -0.474. The third-order valence-corrected chi connectivity index (χ3v) is 4.75. The number of β-amino-alcohol motifs (C(OH)–C–C–N with tert-alkyl or cyclic N) is 1. The zero-order valence-corrected chi connectivity index (χ0v) is 14.6. The van der Waals surface area contributed by atoms with Crippen LogP contribution in [0.5, 0.6) is 5.75 Å². The van der Waals surface area contributed by atoms with Crippen molar-refractivity contribution in [3.8, 4) is 5.75 Å². The lowest BCUT2D eigenvalue weighted by atomic mass is 10.1. The third kappa shape index (κ3) is 4.20. The lowest BCUT2D eigenvalue weighted by Crippen LogP contribution is -2.47. The quantitative estimate of drug-likeness (QED) is 0.902. The van der Waals surface area contributed by atoms with E-state index in [2.05, 4.69) is 21.9 Å². The van der Waals surface area contributed by atoms with Crippen molar-refractivity contribution in [2.75, 3.05) is 44.7 Å². The molecule has 1 N–H and O–H groups in total. The Kier molecular flexibility index (Phi) is 5.61. The number of rotatable bonds is 5. The number of piperazine rings is 1. The molecule has 2 aromatic carbocycles. The predicted molar refractivity (Wildman–Crippen MR) is 98.1 cm³/mol. The van der Waals surface area contributed by atoms with E-state index in [0.29, 0.717) is 6.54 Å². The molecule has 1 fully saturated rings. The Morgan fingerprint density at radius 2 is 1.62 bits per heavy atom. The number of halogens is 1. The summed E-state index contributed by atoms with van der Waals surface area (Å²) in [5, 5.41) is 11.2. The van der Waals surface area contributed by atoms with Crippen molar-refractivity contribution in [2.24, 2.45) is 0 Å². The summed E-state index contributed by atoms with van der Waals surface area (Å²) in [7, 11) is 1.64. The first-order valence-electron chi connectivity index (χ1n) is 8.20. The van der Waals surface area contributed by atoms with Crippen LogP contribution < -0.4 is 9.64 Å². The zero-order chi connectivity index (χ0) is 16.9. The van der Waals surface area contributed by atoms with Crippen LogP contribution in [0.3, 0.4) is 0 Å². The summed E-state index contributed by atoms with van der Waals surface area (Å²) in [6, 6.07) is 15.6. The monoisotopic (exact) mass is 346 g/mol. The van der Waals surface area contributed by atoms with E-state index in [1.807, 2.05) is 36.4 Å². The van der Waals surface area contributed by atoms with Gasteiger partial charge in [0.25, 0.3) is 0 Å². The Bertz CT molecular complexity index is 637. The summed E-state index contributed by atoms with van der Waals surface area (Å²) < 4.78 is 5.15. The van der Waals surface area contributed by atoms with Gasteiger partial charge in [-0.25, -0.2) is 0 Å². The van der Waals surface area contributed by atoms with Gasteiger partial charge in [0.15, 0.2) is 0 Å². The molecule has 1 heterocycles. The van der Waals surface area contributed by atoms with E-state index in [-0.39, 0.29) is 0 Å². The molecule has 1 aliphatic rings. The van der Waals surface area contributed by atoms with E-state index in [1.165, 1.54) is 5.69 Å². The predicted octanol–water partition coefficient (Wildman–Crippen LogP) is 3.20. The van der Waals surface area contributed by atoms with Crippen molar-refractivity contribution in [1.29, 1.82) is 0 Å². The van der Waals surface area contributed by atoms with E-state index >= 15 is 0 Å². The number of hydrogen-bond acceptors (Lipinski definition) is 4. The third-order valence-electron chi connectivity index (χ3n) is 4.50. The molecule has 1 atom stereocenters. The molecule has 0 aliphatic carbocycles. The molecule has 24 heavy (non-hydrogen) atoms. The van der Waals surface area contributed by atoms with Crippen molar-refractivity contribution in [1.82, 2.24) is 4.90 Å². The second kappa shape index (κ2) is 7.88. The van der Waals surface area contributed by atoms with Crippen molar-refractivity contribution in [3.63, 3.8) is 0 Å². The molecule has 0 amide bonds. The topological polar surface area (TPSA) is 35.9 Å². The molecule has 1 aliphatic heterocycles. The van der Waals surface area contributed by atoms with Crippen LogP contribution in [0.1, 0.15) is 11.7 Å². The van der Waals surface area contributed by atoms with Crippen LogP contribution in [-0.4, -0.2) is 49.8 Å². The van der Waals surface area contributed by atoms with E-state index in [9.17, 15) is 5.11 Å². The van der Waals surface area contributed by atoms with E-state index in [0.717, 1.165) is 42.5 Å². The number of benzene rings is 2. The van der Waals surface area contributed by atoms with Gasteiger partial charge in [0.1, 0.15) is 5.75 Å². The van der Waals surface area contributed by atoms with Gasteiger partial charge in [-0.15, -0.1) is 0 Å². The Morgan fingerprint density at radius 1 is 1.00 bits per heavy atom. The fourth-order valence-electron chi connectivity index (χ4n) is 3.02. The number of aliphatic hydroxyl groups is 1. The highest BCUT2D eigenvalue weighted by Gasteiger charge is 2.20. The van der Waals surface area contributed by atoms with Gasteiger partial charge in [0.2, 0.25) is 0 Å². The minimum absolute atomic E-state index is 0.474. The van der Waals surface area contributed by atoms with Gasteiger partial charge in [-0.2, -0.15) is 0 Å². The Labute approximate surface area is 148 Å². The average molecular weight is 347 g/mol. The van der Waals surface area contributed by atoms with Crippen LogP contribution in [0.4, 0.5) is 5.69 Å². The second-order valence-corrected chi connectivity index (χ2v) is 6.49. The summed E-state index contributed by atoms with van der Waals surface area (Å²) >= 11 is 5.95. The largest absolute Gasteiger partial charge is 0.497 e. The smallest absolute Gasteiger partial charge is 0.118 e. The van der Waals surface area contributed by atoms with Crippen LogP contribution in [0.25, 0.3) is 0 Å². The van der Waals surface area contributed by atoms with Crippen LogP contribution in [0, 0.1) is 0 Å². The molecule has 0 radical (unpaired) electrons. The fourth-order valence-corrected chi connectivity index (χ4v) is 3.14. The SMILES string of the molecule is COc1ccc([C@H](O)CN2CCN(c3ccc(Cl)cc3)CC2)cc1. The van der Waals surface area contributed by atoms with Gasteiger partial charge in [-0.3, -0.25) is 4.90 Å². The van der Waals surface area contributed by atoms with Crippen LogP contribution >= 0.6 is 11.6 Å². The molecule has 3 rings (SSSR count). The molecular weight excluding hydrogens is 324 g/mol. The number of nitrogens with zero attached hydrogens (tertiary/aromatic N) is 2. The molecule has 4 nitrogen and oxygen atoms in total. The van der Waals surface area contributed by atoms with E-state index in [4.69, 9.17) is 16.3 Å². The Balaban J connectivity index is 1.51. The normalized spacial score (nSPS) is 16.9. The van der Waals surface area contributed by atoms with E-state index in [1.54, 1.807) is 7.11 Å². The molecule has 0 spiro atoms. The summed E-state index contributed by atoms with van der Waals surface area (Å²) in [6.45, 7) is 4.44. The maximum Gasteiger partial charge on any atom is 0.118 e. The van der Waals surface area contributed by atoms with Crippen molar-refractivity contribution in [2.45, 2.75) is 6.10 Å². The maximum absolute atomic E-state index is 10.4. The summed E-state index contributed by atoms with van der Waals surface area (Å²) in [5.41, 5.74) is 2.13. The zero-order valence-electron chi connectivity index (χ0n) is 13.9. The number of hydrogen-bond donors (Lipinski definition) is 1. The number of anilines is 1. The maximum atomic E-state index is 10.4. The highest BCUT2D eigenvalue weighted by Crippen LogP contribution is 2.22. The Morgan fingerprint density at radius 3 is 2.21 bits per heavy atom. The first-order chi connectivity index (χ1) is 11.7. The summed E-state index contributed by atoms with van der Waals surface area (Å²) in [6.07, 6.45) is -0.474. The Hall–Kier alpha value is -1.75. The van der Waals surface area contributed by atoms with Gasteiger partial charge < -0.3 is 14.7 Å². The molecule has 5 heteroatoms. The lowest BCUT2D eigenvalue weighted by Gasteiger charge is -2.37. The first kappa shape index (κ1) is 17.1. The molecule has 0 aromatic heterocycles. The van der Waals surface area contributed by atoms with Crippen molar-refractivity contribution in [3.05, 3.63) is 59.1 Å². The summed E-state index contributed by atoms with van der Waals surface area (Å²) in [5.74, 6) is 0.808. The van der Waals surface area contributed by atoms with Gasteiger partial charge in [0, 0.05) is 43.4 Å². The van der Waals surface area contributed by atoms with Crippen LogP contribution in [0.15, 0.2) is 48.5 Å². The van der Waals surface area contributed by atoms with Crippen molar-refractivity contribution >= 4 is 17.3 Å².